The number of benzene rings is 2. The van der Waals surface area contributed by atoms with E-state index in [9.17, 15) is 14.5 Å². The Kier molecular flexibility index (Phi) is 4.73. The minimum absolute atomic E-state index is 0.215. The van der Waals surface area contributed by atoms with Crippen LogP contribution in [0.2, 0.25) is 0 Å². The fourth-order valence-electron chi connectivity index (χ4n) is 3.12. The van der Waals surface area contributed by atoms with Crippen molar-refractivity contribution < 1.29 is 9.31 Å². The van der Waals surface area contributed by atoms with Crippen molar-refractivity contribution >= 4 is 15.9 Å². The second-order valence-electron chi connectivity index (χ2n) is 5.81. The van der Waals surface area contributed by atoms with Gasteiger partial charge in [-0.15, -0.1) is 0 Å². The topological polar surface area (TPSA) is 46.4 Å². The molecule has 2 aromatic carbocycles. The maximum atomic E-state index is 13.4. The molecule has 2 atom stereocenters. The largest absolute Gasteiger partial charge is 0.292 e. The predicted molar refractivity (Wildman–Crippen MR) is 89.3 cm³/mol. The number of nitro groups is 1. The molecule has 0 saturated carbocycles. The molecule has 0 amide bonds. The number of hydrogen-bond acceptors (Lipinski definition) is 3. The van der Waals surface area contributed by atoms with Crippen LogP contribution in [0.4, 0.5) is 4.39 Å². The summed E-state index contributed by atoms with van der Waals surface area (Å²) in [6.45, 7) is 1.68. The van der Waals surface area contributed by atoms with Gasteiger partial charge < -0.3 is 0 Å². The van der Waals surface area contributed by atoms with Gasteiger partial charge in [0, 0.05) is 18.0 Å². The summed E-state index contributed by atoms with van der Waals surface area (Å²) in [6, 6.07) is 13.9. The number of rotatable bonds is 4. The lowest BCUT2D eigenvalue weighted by Gasteiger charge is -2.15. The van der Waals surface area contributed by atoms with E-state index in [0.717, 1.165) is 11.1 Å². The van der Waals surface area contributed by atoms with E-state index in [4.69, 9.17) is 0 Å². The average Bonchev–Trinajstić information content (AvgIpc) is 2.95. The number of halogens is 2. The average molecular weight is 379 g/mol. The van der Waals surface area contributed by atoms with E-state index in [0.29, 0.717) is 24.1 Å². The van der Waals surface area contributed by atoms with Gasteiger partial charge in [0.15, 0.2) is 0 Å². The van der Waals surface area contributed by atoms with Crippen LogP contribution in [-0.2, 0) is 6.54 Å². The molecule has 1 saturated heterocycles. The molecule has 0 radical (unpaired) electrons. The third-order valence-corrected chi connectivity index (χ3v) is 4.86. The molecule has 0 bridgehead atoms. The van der Waals surface area contributed by atoms with E-state index in [1.54, 1.807) is 12.1 Å². The first-order valence-corrected chi connectivity index (χ1v) is 8.18. The van der Waals surface area contributed by atoms with Gasteiger partial charge in [0.1, 0.15) is 5.82 Å². The highest BCUT2D eigenvalue weighted by Gasteiger charge is 2.41. The van der Waals surface area contributed by atoms with Crippen LogP contribution in [0.3, 0.4) is 0 Å². The highest BCUT2D eigenvalue weighted by molar-refractivity contribution is 9.10. The third kappa shape index (κ3) is 3.59. The van der Waals surface area contributed by atoms with E-state index in [1.807, 2.05) is 30.3 Å². The SMILES string of the molecule is O=[N+]([O-])C1CN(Cc2ccccc2)CC1c1ccc(F)c(Br)c1. The quantitative estimate of drug-likeness (QED) is 0.599. The summed E-state index contributed by atoms with van der Waals surface area (Å²) in [7, 11) is 0. The summed E-state index contributed by atoms with van der Waals surface area (Å²) in [4.78, 5) is 13.3. The van der Waals surface area contributed by atoms with Crippen molar-refractivity contribution in [3.05, 3.63) is 80.1 Å². The lowest BCUT2D eigenvalue weighted by atomic mass is 9.95. The molecule has 0 aliphatic carbocycles. The van der Waals surface area contributed by atoms with E-state index in [2.05, 4.69) is 20.8 Å². The molecule has 4 nitrogen and oxygen atoms in total. The van der Waals surface area contributed by atoms with Gasteiger partial charge >= 0.3 is 0 Å². The first-order chi connectivity index (χ1) is 11.0. The molecule has 1 fully saturated rings. The maximum absolute atomic E-state index is 13.4. The Hall–Kier alpha value is -1.79. The van der Waals surface area contributed by atoms with Crippen LogP contribution in [0.1, 0.15) is 17.0 Å². The molecule has 1 heterocycles. The van der Waals surface area contributed by atoms with Crippen molar-refractivity contribution in [3.8, 4) is 0 Å². The maximum Gasteiger partial charge on any atom is 0.233 e. The van der Waals surface area contributed by atoms with Gasteiger partial charge in [-0.1, -0.05) is 36.4 Å². The minimum Gasteiger partial charge on any atom is -0.292 e. The third-order valence-electron chi connectivity index (χ3n) is 4.26. The summed E-state index contributed by atoms with van der Waals surface area (Å²) >= 11 is 3.16. The first-order valence-electron chi connectivity index (χ1n) is 7.39. The summed E-state index contributed by atoms with van der Waals surface area (Å²) in [6.07, 6.45) is 0. The Morgan fingerprint density at radius 3 is 2.61 bits per heavy atom. The van der Waals surface area contributed by atoms with Gasteiger partial charge in [-0.2, -0.15) is 0 Å². The number of hydrogen-bond donors (Lipinski definition) is 0. The molecule has 0 aromatic heterocycles. The molecule has 0 N–H and O–H groups in total. The van der Waals surface area contributed by atoms with Crippen LogP contribution < -0.4 is 0 Å². The Bertz CT molecular complexity index is 711. The molecule has 23 heavy (non-hydrogen) atoms. The van der Waals surface area contributed by atoms with Crippen LogP contribution in [-0.4, -0.2) is 29.0 Å². The van der Waals surface area contributed by atoms with Crippen LogP contribution in [0.15, 0.2) is 53.0 Å². The van der Waals surface area contributed by atoms with Crippen molar-refractivity contribution in [1.82, 2.24) is 4.90 Å². The molecular weight excluding hydrogens is 363 g/mol. The second-order valence-corrected chi connectivity index (χ2v) is 6.67. The zero-order valence-electron chi connectivity index (χ0n) is 12.4. The summed E-state index contributed by atoms with van der Waals surface area (Å²) in [5.74, 6) is -0.587. The highest BCUT2D eigenvalue weighted by Crippen LogP contribution is 2.32. The lowest BCUT2D eigenvalue weighted by molar-refractivity contribution is -0.521. The molecule has 2 aromatic rings. The van der Waals surface area contributed by atoms with Crippen LogP contribution >= 0.6 is 15.9 Å². The zero-order chi connectivity index (χ0) is 16.4. The lowest BCUT2D eigenvalue weighted by Crippen LogP contribution is -2.28. The highest BCUT2D eigenvalue weighted by atomic mass is 79.9. The molecule has 3 rings (SSSR count). The molecule has 1 aliphatic heterocycles. The number of likely N-dealkylation sites (tertiary alicyclic amines) is 1. The normalized spacial score (nSPS) is 21.5. The molecule has 0 spiro atoms. The van der Waals surface area contributed by atoms with Crippen LogP contribution in [0, 0.1) is 15.9 Å². The standard InChI is InChI=1S/C17H16BrFN2O2/c18-15-8-13(6-7-16(15)19)14-10-20(11-17(14)21(22)23)9-12-4-2-1-3-5-12/h1-8,14,17H,9-11H2. The fraction of sp³-hybridized carbons (Fsp3) is 0.294. The van der Waals surface area contributed by atoms with Gasteiger partial charge in [-0.05, 0) is 39.2 Å². The van der Waals surface area contributed by atoms with Crippen molar-refractivity contribution in [1.29, 1.82) is 0 Å². The zero-order valence-corrected chi connectivity index (χ0v) is 13.9. The Balaban J connectivity index is 1.81. The minimum atomic E-state index is -0.670. The molecular formula is C17H16BrFN2O2. The summed E-state index contributed by atoms with van der Waals surface area (Å²) < 4.78 is 13.8. The van der Waals surface area contributed by atoms with Gasteiger partial charge in [0.25, 0.3) is 0 Å². The van der Waals surface area contributed by atoms with Crippen LogP contribution in [0.5, 0.6) is 0 Å². The van der Waals surface area contributed by atoms with Gasteiger partial charge in [-0.25, -0.2) is 4.39 Å². The molecule has 1 aliphatic rings. The number of nitrogens with zero attached hydrogens (tertiary/aromatic N) is 2. The van der Waals surface area contributed by atoms with E-state index >= 15 is 0 Å². The van der Waals surface area contributed by atoms with E-state index < -0.39 is 6.04 Å². The fourth-order valence-corrected chi connectivity index (χ4v) is 3.52. The van der Waals surface area contributed by atoms with Crippen molar-refractivity contribution in [2.24, 2.45) is 0 Å². The smallest absolute Gasteiger partial charge is 0.233 e. The summed E-state index contributed by atoms with van der Waals surface area (Å²) in [5.41, 5.74) is 1.94. The molecule has 6 heteroatoms. The van der Waals surface area contributed by atoms with Crippen LogP contribution in [0.25, 0.3) is 0 Å². The Morgan fingerprint density at radius 2 is 1.96 bits per heavy atom. The monoisotopic (exact) mass is 378 g/mol. The van der Waals surface area contributed by atoms with Gasteiger partial charge in [0.05, 0.1) is 16.9 Å². The Morgan fingerprint density at radius 1 is 1.22 bits per heavy atom. The molecule has 2 unspecified atom stereocenters. The Labute approximate surface area is 142 Å². The van der Waals surface area contributed by atoms with Gasteiger partial charge in [-0.3, -0.25) is 15.0 Å². The molecule has 120 valence electrons. The van der Waals surface area contributed by atoms with Crippen molar-refractivity contribution in [3.63, 3.8) is 0 Å². The summed E-state index contributed by atoms with van der Waals surface area (Å²) in [5, 5.41) is 11.4. The van der Waals surface area contributed by atoms with Crippen molar-refractivity contribution in [2.45, 2.75) is 18.5 Å². The van der Waals surface area contributed by atoms with Gasteiger partial charge in [0.2, 0.25) is 6.04 Å². The van der Waals surface area contributed by atoms with Crippen molar-refractivity contribution in [2.75, 3.05) is 13.1 Å². The predicted octanol–water partition coefficient (Wildman–Crippen LogP) is 3.83. The van der Waals surface area contributed by atoms with E-state index in [-0.39, 0.29) is 16.7 Å². The van der Waals surface area contributed by atoms with E-state index in [1.165, 1.54) is 6.07 Å². The first kappa shape index (κ1) is 16.1. The second kappa shape index (κ2) is 6.76.